The highest BCUT2D eigenvalue weighted by molar-refractivity contribution is 9.10. The lowest BCUT2D eigenvalue weighted by atomic mass is 10.1. The van der Waals surface area contributed by atoms with Crippen molar-refractivity contribution in [3.8, 4) is 5.75 Å². The topological polar surface area (TPSA) is 52.8 Å². The number of halogens is 1. The molecule has 0 aromatic heterocycles. The maximum Gasteiger partial charge on any atom is 0.138 e. The first-order valence-electron chi connectivity index (χ1n) is 3.33. The summed E-state index contributed by atoms with van der Waals surface area (Å²) in [4.78, 5) is 0. The third-order valence-electron chi connectivity index (χ3n) is 1.53. The SMILES string of the molecule is C/C(=N\O)c1cccc(Br)c1O. The van der Waals surface area contributed by atoms with Crippen LogP contribution in [0.25, 0.3) is 0 Å². The van der Waals surface area contributed by atoms with Crippen LogP contribution in [0.4, 0.5) is 0 Å². The molecular formula is C8H8BrNO2. The maximum atomic E-state index is 9.46. The van der Waals surface area contributed by atoms with E-state index in [1.54, 1.807) is 25.1 Å². The Kier molecular flexibility index (Phi) is 2.70. The van der Waals surface area contributed by atoms with Gasteiger partial charge in [0.1, 0.15) is 5.75 Å². The Morgan fingerprint density at radius 1 is 1.50 bits per heavy atom. The van der Waals surface area contributed by atoms with Gasteiger partial charge in [0.25, 0.3) is 0 Å². The Bertz CT molecular complexity index is 323. The summed E-state index contributed by atoms with van der Waals surface area (Å²) in [5, 5.41) is 20.9. The van der Waals surface area contributed by atoms with E-state index in [1.807, 2.05) is 0 Å². The molecule has 0 aliphatic carbocycles. The standard InChI is InChI=1S/C8H8BrNO2/c1-5(10-12)6-3-2-4-7(9)8(6)11/h2-4,11-12H,1H3/b10-5+. The highest BCUT2D eigenvalue weighted by atomic mass is 79.9. The number of phenols is 1. The van der Waals surface area contributed by atoms with E-state index in [0.29, 0.717) is 15.7 Å². The van der Waals surface area contributed by atoms with E-state index < -0.39 is 0 Å². The van der Waals surface area contributed by atoms with E-state index in [-0.39, 0.29) is 5.75 Å². The molecule has 0 aliphatic heterocycles. The third-order valence-corrected chi connectivity index (χ3v) is 2.17. The zero-order valence-corrected chi connectivity index (χ0v) is 8.04. The van der Waals surface area contributed by atoms with Crippen molar-refractivity contribution in [1.29, 1.82) is 0 Å². The second kappa shape index (κ2) is 3.58. The Labute approximate surface area is 78.5 Å². The van der Waals surface area contributed by atoms with Crippen molar-refractivity contribution >= 4 is 21.6 Å². The highest BCUT2D eigenvalue weighted by Crippen LogP contribution is 2.27. The number of aromatic hydroxyl groups is 1. The smallest absolute Gasteiger partial charge is 0.138 e. The van der Waals surface area contributed by atoms with E-state index >= 15 is 0 Å². The fraction of sp³-hybridized carbons (Fsp3) is 0.125. The molecule has 1 aromatic carbocycles. The van der Waals surface area contributed by atoms with Crippen molar-refractivity contribution in [3.63, 3.8) is 0 Å². The van der Waals surface area contributed by atoms with Gasteiger partial charge in [0.15, 0.2) is 0 Å². The molecular weight excluding hydrogens is 222 g/mol. The molecule has 1 aromatic rings. The van der Waals surface area contributed by atoms with Gasteiger partial charge < -0.3 is 10.3 Å². The number of phenolic OH excluding ortho intramolecular Hbond substituents is 1. The first-order valence-corrected chi connectivity index (χ1v) is 4.12. The lowest BCUT2D eigenvalue weighted by Gasteiger charge is -2.03. The molecule has 64 valence electrons. The molecule has 12 heavy (non-hydrogen) atoms. The zero-order chi connectivity index (χ0) is 9.14. The number of para-hydroxylation sites is 1. The molecule has 0 aliphatic rings. The largest absolute Gasteiger partial charge is 0.506 e. The third kappa shape index (κ3) is 1.58. The molecule has 0 heterocycles. The summed E-state index contributed by atoms with van der Waals surface area (Å²) < 4.78 is 0.586. The van der Waals surface area contributed by atoms with Gasteiger partial charge in [-0.3, -0.25) is 0 Å². The Hall–Kier alpha value is -1.03. The van der Waals surface area contributed by atoms with Crippen LogP contribution in [0.1, 0.15) is 12.5 Å². The number of hydrogen-bond acceptors (Lipinski definition) is 3. The van der Waals surface area contributed by atoms with E-state index in [2.05, 4.69) is 21.1 Å². The highest BCUT2D eigenvalue weighted by Gasteiger charge is 2.06. The predicted molar refractivity (Wildman–Crippen MR) is 49.8 cm³/mol. The van der Waals surface area contributed by atoms with Gasteiger partial charge in [0, 0.05) is 5.56 Å². The van der Waals surface area contributed by atoms with E-state index in [1.165, 1.54) is 0 Å². The van der Waals surface area contributed by atoms with Crippen molar-refractivity contribution in [2.45, 2.75) is 6.92 Å². The average Bonchev–Trinajstić information content (AvgIpc) is 2.08. The van der Waals surface area contributed by atoms with E-state index in [0.717, 1.165) is 0 Å². The molecule has 0 unspecified atom stereocenters. The van der Waals surface area contributed by atoms with Crippen molar-refractivity contribution in [1.82, 2.24) is 0 Å². The first-order chi connectivity index (χ1) is 5.66. The quantitative estimate of drug-likeness (QED) is 0.442. The minimum Gasteiger partial charge on any atom is -0.506 e. The minimum atomic E-state index is 0.0906. The second-order valence-corrected chi connectivity index (χ2v) is 3.18. The molecule has 2 N–H and O–H groups in total. The predicted octanol–water partition coefficient (Wildman–Crippen LogP) is 2.35. The number of rotatable bonds is 1. The molecule has 0 radical (unpaired) electrons. The van der Waals surface area contributed by atoms with Crippen molar-refractivity contribution in [2.75, 3.05) is 0 Å². The lowest BCUT2D eigenvalue weighted by Crippen LogP contribution is -1.94. The molecule has 0 saturated carbocycles. The molecule has 0 bridgehead atoms. The van der Waals surface area contributed by atoms with Crippen molar-refractivity contribution in [3.05, 3.63) is 28.2 Å². The summed E-state index contributed by atoms with van der Waals surface area (Å²) in [7, 11) is 0. The molecule has 3 nitrogen and oxygen atoms in total. The molecule has 4 heteroatoms. The van der Waals surface area contributed by atoms with Crippen LogP contribution in [0, 0.1) is 0 Å². The van der Waals surface area contributed by atoms with Gasteiger partial charge in [-0.1, -0.05) is 11.2 Å². The monoisotopic (exact) mass is 229 g/mol. The fourth-order valence-electron chi connectivity index (χ4n) is 0.861. The number of oxime groups is 1. The van der Waals surface area contributed by atoms with Gasteiger partial charge in [-0.2, -0.15) is 0 Å². The van der Waals surface area contributed by atoms with Gasteiger partial charge in [-0.15, -0.1) is 0 Å². The molecule has 0 atom stereocenters. The summed E-state index contributed by atoms with van der Waals surface area (Å²) in [6, 6.07) is 5.15. The number of benzene rings is 1. The Balaban J connectivity index is 3.26. The van der Waals surface area contributed by atoms with Gasteiger partial charge in [0.05, 0.1) is 10.2 Å². The second-order valence-electron chi connectivity index (χ2n) is 2.32. The van der Waals surface area contributed by atoms with Crippen LogP contribution in [0.3, 0.4) is 0 Å². The van der Waals surface area contributed by atoms with Gasteiger partial charge in [-0.05, 0) is 35.0 Å². The molecule has 0 saturated heterocycles. The minimum absolute atomic E-state index is 0.0906. The van der Waals surface area contributed by atoms with Crippen LogP contribution in [0.5, 0.6) is 5.75 Å². The first kappa shape index (κ1) is 9.06. The van der Waals surface area contributed by atoms with Gasteiger partial charge in [-0.25, -0.2) is 0 Å². The molecule has 0 amide bonds. The van der Waals surface area contributed by atoms with Gasteiger partial charge in [0.2, 0.25) is 0 Å². The van der Waals surface area contributed by atoms with Crippen molar-refractivity contribution in [2.24, 2.45) is 5.16 Å². The van der Waals surface area contributed by atoms with Crippen LogP contribution in [0.15, 0.2) is 27.8 Å². The van der Waals surface area contributed by atoms with Crippen LogP contribution >= 0.6 is 15.9 Å². The summed E-state index contributed by atoms with van der Waals surface area (Å²) in [5.41, 5.74) is 0.903. The Morgan fingerprint density at radius 2 is 2.17 bits per heavy atom. The summed E-state index contributed by atoms with van der Waals surface area (Å²) >= 11 is 3.16. The average molecular weight is 230 g/mol. The van der Waals surface area contributed by atoms with E-state index in [9.17, 15) is 5.11 Å². The summed E-state index contributed by atoms with van der Waals surface area (Å²) in [6.07, 6.45) is 0. The number of nitrogens with zero attached hydrogens (tertiary/aromatic N) is 1. The van der Waals surface area contributed by atoms with E-state index in [4.69, 9.17) is 5.21 Å². The van der Waals surface area contributed by atoms with Crippen molar-refractivity contribution < 1.29 is 10.3 Å². The van der Waals surface area contributed by atoms with Crippen LogP contribution in [-0.4, -0.2) is 16.0 Å². The van der Waals surface area contributed by atoms with Crippen LogP contribution in [0.2, 0.25) is 0 Å². The molecule has 0 fully saturated rings. The fourth-order valence-corrected chi connectivity index (χ4v) is 1.23. The van der Waals surface area contributed by atoms with Crippen LogP contribution in [-0.2, 0) is 0 Å². The number of hydrogen-bond donors (Lipinski definition) is 2. The van der Waals surface area contributed by atoms with Crippen LogP contribution < -0.4 is 0 Å². The molecule has 0 spiro atoms. The lowest BCUT2D eigenvalue weighted by molar-refractivity contribution is 0.318. The maximum absolute atomic E-state index is 9.46. The molecule has 1 rings (SSSR count). The summed E-state index contributed by atoms with van der Waals surface area (Å²) in [6.45, 7) is 1.61. The normalized spacial score (nSPS) is 11.7. The van der Waals surface area contributed by atoms with Gasteiger partial charge >= 0.3 is 0 Å². The zero-order valence-electron chi connectivity index (χ0n) is 6.45. The summed E-state index contributed by atoms with van der Waals surface area (Å²) in [5.74, 6) is 0.0906. The Morgan fingerprint density at radius 3 is 2.75 bits per heavy atom.